The number of pyridine rings is 1. The minimum absolute atomic E-state index is 0.642. The van der Waals surface area contributed by atoms with E-state index in [0.29, 0.717) is 5.82 Å². The van der Waals surface area contributed by atoms with Gasteiger partial charge in [0, 0.05) is 41.9 Å². The van der Waals surface area contributed by atoms with E-state index in [0.717, 1.165) is 44.1 Å². The second-order valence-corrected chi connectivity index (χ2v) is 11.5. The summed E-state index contributed by atoms with van der Waals surface area (Å²) < 4.78 is 2.53. The summed E-state index contributed by atoms with van der Waals surface area (Å²) in [6, 6.07) is 44.9. The van der Waals surface area contributed by atoms with Crippen LogP contribution in [-0.4, -0.2) is 15.0 Å². The fraction of sp³-hybridized carbons (Fsp3) is 0. The van der Waals surface area contributed by atoms with Crippen LogP contribution in [0.5, 0.6) is 0 Å². The summed E-state index contributed by atoms with van der Waals surface area (Å²) in [5.41, 5.74) is 4.65. The van der Waals surface area contributed by atoms with Crippen molar-refractivity contribution < 1.29 is 0 Å². The molecule has 6 aromatic carbocycles. The lowest BCUT2D eigenvalue weighted by molar-refractivity contribution is 1.20. The standard InChI is InChI=1S/C37H21N3S/c1-2-10-23-19-24(18-17-22(23)9-1)35-27-13-4-7-15-32(27)39-37(40-35)36-30-21-34-29(26-12-5-8-16-33(26)41-34)20-28(30)25-11-3-6-14-31(25)38-36/h1-21H. The number of benzene rings is 6. The minimum atomic E-state index is 0.642. The molecule has 3 aromatic heterocycles. The molecule has 190 valence electrons. The van der Waals surface area contributed by atoms with Crippen molar-refractivity contribution in [2.45, 2.75) is 0 Å². The Kier molecular flexibility index (Phi) is 4.77. The highest BCUT2D eigenvalue weighted by Gasteiger charge is 2.18. The molecule has 0 aliphatic rings. The van der Waals surface area contributed by atoms with Crippen LogP contribution in [0.2, 0.25) is 0 Å². The molecule has 0 saturated heterocycles. The first-order chi connectivity index (χ1) is 20.3. The van der Waals surface area contributed by atoms with Crippen molar-refractivity contribution in [1.82, 2.24) is 15.0 Å². The number of para-hydroxylation sites is 2. The predicted molar refractivity (Wildman–Crippen MR) is 174 cm³/mol. The summed E-state index contributed by atoms with van der Waals surface area (Å²) in [5, 5.41) is 9.38. The van der Waals surface area contributed by atoms with Gasteiger partial charge in [-0.3, -0.25) is 0 Å². The van der Waals surface area contributed by atoms with Crippen molar-refractivity contribution in [1.29, 1.82) is 0 Å². The SMILES string of the molecule is c1ccc2cc(-c3nc(-c4nc5ccccc5c5cc6c(cc45)sc4ccccc46)nc4ccccc34)ccc2c1. The maximum absolute atomic E-state index is 5.26. The van der Waals surface area contributed by atoms with E-state index >= 15 is 0 Å². The van der Waals surface area contributed by atoms with Gasteiger partial charge in [-0.15, -0.1) is 11.3 Å². The Labute approximate surface area is 239 Å². The van der Waals surface area contributed by atoms with Gasteiger partial charge in [0.25, 0.3) is 0 Å². The molecule has 4 heteroatoms. The highest BCUT2D eigenvalue weighted by Crippen LogP contribution is 2.41. The van der Waals surface area contributed by atoms with Gasteiger partial charge < -0.3 is 0 Å². The van der Waals surface area contributed by atoms with Gasteiger partial charge >= 0.3 is 0 Å². The number of nitrogens with zero attached hydrogens (tertiary/aromatic N) is 3. The molecular formula is C37H21N3S. The third-order valence-electron chi connectivity index (χ3n) is 8.04. The van der Waals surface area contributed by atoms with Crippen LogP contribution in [0.1, 0.15) is 0 Å². The lowest BCUT2D eigenvalue weighted by atomic mass is 10.00. The topological polar surface area (TPSA) is 38.7 Å². The fourth-order valence-corrected chi connectivity index (χ4v) is 7.21. The predicted octanol–water partition coefficient (Wildman–Crippen LogP) is 10.2. The van der Waals surface area contributed by atoms with E-state index in [1.165, 1.54) is 36.3 Å². The van der Waals surface area contributed by atoms with Gasteiger partial charge in [-0.1, -0.05) is 91.0 Å². The van der Waals surface area contributed by atoms with Gasteiger partial charge in [0.2, 0.25) is 0 Å². The molecule has 0 amide bonds. The fourth-order valence-electron chi connectivity index (χ4n) is 6.08. The highest BCUT2D eigenvalue weighted by atomic mass is 32.1. The van der Waals surface area contributed by atoms with E-state index in [2.05, 4.69) is 115 Å². The summed E-state index contributed by atoms with van der Waals surface area (Å²) in [5.74, 6) is 0.642. The molecule has 0 bridgehead atoms. The zero-order valence-electron chi connectivity index (χ0n) is 21.9. The van der Waals surface area contributed by atoms with Crippen LogP contribution in [0.4, 0.5) is 0 Å². The maximum Gasteiger partial charge on any atom is 0.179 e. The largest absolute Gasteiger partial charge is 0.244 e. The Balaban J connectivity index is 1.38. The van der Waals surface area contributed by atoms with Crippen molar-refractivity contribution in [2.75, 3.05) is 0 Å². The zero-order valence-corrected chi connectivity index (χ0v) is 22.7. The van der Waals surface area contributed by atoms with Gasteiger partial charge in [0.05, 0.1) is 16.7 Å². The first-order valence-corrected chi connectivity index (χ1v) is 14.5. The average molecular weight is 540 g/mol. The third-order valence-corrected chi connectivity index (χ3v) is 9.17. The first-order valence-electron chi connectivity index (χ1n) is 13.7. The molecule has 0 aliphatic carbocycles. The molecule has 41 heavy (non-hydrogen) atoms. The zero-order chi connectivity index (χ0) is 26.9. The number of fused-ring (bicyclic) bond motifs is 8. The average Bonchev–Trinajstić information content (AvgIpc) is 3.40. The molecule has 9 aromatic rings. The molecule has 3 nitrogen and oxygen atoms in total. The van der Waals surface area contributed by atoms with Gasteiger partial charge in [0.15, 0.2) is 5.82 Å². The van der Waals surface area contributed by atoms with E-state index in [4.69, 9.17) is 15.0 Å². The van der Waals surface area contributed by atoms with E-state index in [9.17, 15) is 0 Å². The molecule has 3 heterocycles. The Morgan fingerprint density at radius 3 is 1.98 bits per heavy atom. The summed E-state index contributed by atoms with van der Waals surface area (Å²) in [6.07, 6.45) is 0. The first kappa shape index (κ1) is 22.6. The monoisotopic (exact) mass is 539 g/mol. The van der Waals surface area contributed by atoms with Crippen molar-refractivity contribution >= 4 is 74.9 Å². The van der Waals surface area contributed by atoms with E-state index in [1.54, 1.807) is 0 Å². The van der Waals surface area contributed by atoms with Crippen LogP contribution >= 0.6 is 11.3 Å². The molecule has 0 unspecified atom stereocenters. The molecule has 0 saturated carbocycles. The van der Waals surface area contributed by atoms with Gasteiger partial charge in [-0.05, 0) is 52.6 Å². The van der Waals surface area contributed by atoms with Crippen LogP contribution in [0.3, 0.4) is 0 Å². The maximum atomic E-state index is 5.26. The van der Waals surface area contributed by atoms with E-state index in [1.807, 2.05) is 23.5 Å². The van der Waals surface area contributed by atoms with Gasteiger partial charge in [-0.25, -0.2) is 15.0 Å². The van der Waals surface area contributed by atoms with Crippen LogP contribution in [0, 0.1) is 0 Å². The Morgan fingerprint density at radius 1 is 0.390 bits per heavy atom. The number of hydrogen-bond acceptors (Lipinski definition) is 4. The molecule has 0 N–H and O–H groups in total. The summed E-state index contributed by atoms with van der Waals surface area (Å²) in [7, 11) is 0. The number of rotatable bonds is 2. The lowest BCUT2D eigenvalue weighted by Gasteiger charge is -2.13. The highest BCUT2D eigenvalue weighted by molar-refractivity contribution is 7.25. The second kappa shape index (κ2) is 8.65. The summed E-state index contributed by atoms with van der Waals surface area (Å²) in [6.45, 7) is 0. The molecule has 0 spiro atoms. The second-order valence-electron chi connectivity index (χ2n) is 10.4. The summed E-state index contributed by atoms with van der Waals surface area (Å²) in [4.78, 5) is 15.6. The number of aromatic nitrogens is 3. The van der Waals surface area contributed by atoms with Crippen molar-refractivity contribution in [3.8, 4) is 22.8 Å². The molecule has 0 fully saturated rings. The van der Waals surface area contributed by atoms with Crippen LogP contribution < -0.4 is 0 Å². The van der Waals surface area contributed by atoms with Gasteiger partial charge in [-0.2, -0.15) is 0 Å². The normalized spacial score (nSPS) is 11.9. The van der Waals surface area contributed by atoms with Crippen LogP contribution in [0.15, 0.2) is 127 Å². The van der Waals surface area contributed by atoms with Crippen LogP contribution in [0.25, 0.3) is 86.3 Å². The summed E-state index contributed by atoms with van der Waals surface area (Å²) >= 11 is 1.82. The minimum Gasteiger partial charge on any atom is -0.244 e. The number of hydrogen-bond donors (Lipinski definition) is 0. The molecule has 0 atom stereocenters. The Morgan fingerprint density at radius 2 is 1.10 bits per heavy atom. The quantitative estimate of drug-likeness (QED) is 0.205. The molecule has 0 radical (unpaired) electrons. The Hall–Kier alpha value is -5.19. The lowest BCUT2D eigenvalue weighted by Crippen LogP contribution is -1.98. The van der Waals surface area contributed by atoms with E-state index < -0.39 is 0 Å². The van der Waals surface area contributed by atoms with Crippen LogP contribution in [-0.2, 0) is 0 Å². The van der Waals surface area contributed by atoms with Crippen molar-refractivity contribution in [3.63, 3.8) is 0 Å². The van der Waals surface area contributed by atoms with Crippen molar-refractivity contribution in [2.24, 2.45) is 0 Å². The number of thiophene rings is 1. The van der Waals surface area contributed by atoms with Gasteiger partial charge in [0.1, 0.15) is 5.69 Å². The van der Waals surface area contributed by atoms with Crippen molar-refractivity contribution in [3.05, 3.63) is 127 Å². The smallest absolute Gasteiger partial charge is 0.179 e. The third kappa shape index (κ3) is 3.48. The molecule has 0 aliphatic heterocycles. The molecular weight excluding hydrogens is 518 g/mol. The molecule has 9 rings (SSSR count). The van der Waals surface area contributed by atoms with E-state index in [-0.39, 0.29) is 0 Å². The Bertz CT molecular complexity index is 2490.